The molecule has 0 aromatic heterocycles. The molecule has 1 atom stereocenters. The monoisotopic (exact) mass is 459 g/mol. The quantitative estimate of drug-likeness (QED) is 0.415. The first-order valence-corrected chi connectivity index (χ1v) is 10.2. The number of hydrogen-bond acceptors (Lipinski definition) is 4. The van der Waals surface area contributed by atoms with Crippen LogP contribution >= 0.6 is 0 Å². The molecule has 2 aromatic carbocycles. The Morgan fingerprint density at radius 1 is 0.844 bits per heavy atom. The third-order valence-electron chi connectivity index (χ3n) is 5.64. The minimum atomic E-state index is -5.65. The lowest BCUT2D eigenvalue weighted by Gasteiger charge is -2.27. The summed E-state index contributed by atoms with van der Waals surface area (Å²) in [7, 11) is 0. The molecule has 2 aromatic rings. The highest BCUT2D eigenvalue weighted by Crippen LogP contribution is 2.37. The van der Waals surface area contributed by atoms with Gasteiger partial charge in [-0.25, -0.2) is 0 Å². The summed E-state index contributed by atoms with van der Waals surface area (Å²) in [4.78, 5) is 2.12. The molecule has 0 spiro atoms. The average molecular weight is 459 g/mol. The molecule has 0 amide bonds. The summed E-state index contributed by atoms with van der Waals surface area (Å²) in [5, 5.41) is 9.40. The van der Waals surface area contributed by atoms with Gasteiger partial charge in [-0.05, 0) is 35.4 Å². The Bertz CT molecular complexity index is 878. The summed E-state index contributed by atoms with van der Waals surface area (Å²) in [6.07, 6.45) is -5.65. The molecule has 0 bridgehead atoms. The summed E-state index contributed by atoms with van der Waals surface area (Å²) < 4.78 is 73.3. The molecule has 1 aliphatic heterocycles. The van der Waals surface area contributed by atoms with Crippen LogP contribution in [0.5, 0.6) is 11.5 Å². The Morgan fingerprint density at radius 2 is 1.31 bits per heavy atom. The maximum absolute atomic E-state index is 13.0. The lowest BCUT2D eigenvalue weighted by Crippen LogP contribution is -2.41. The second-order valence-electron chi connectivity index (χ2n) is 8.35. The number of benzene rings is 2. The Balaban J connectivity index is 1.61. The predicted octanol–water partition coefficient (Wildman–Crippen LogP) is 4.64. The highest BCUT2D eigenvalue weighted by molar-refractivity contribution is 5.41. The second kappa shape index (κ2) is 9.23. The fraction of sp³-hybridized carbons (Fsp3) is 0.478. The largest absolute Gasteiger partial charge is 0.492 e. The second-order valence-corrected chi connectivity index (χ2v) is 8.35. The zero-order chi connectivity index (χ0) is 23.6. The van der Waals surface area contributed by atoms with E-state index in [1.165, 1.54) is 12.1 Å². The van der Waals surface area contributed by atoms with E-state index >= 15 is 0 Å². The summed E-state index contributed by atoms with van der Waals surface area (Å²) in [6.45, 7) is 4.55. The van der Waals surface area contributed by atoms with Crippen molar-refractivity contribution >= 4 is 0 Å². The number of hydrogen-bond donors (Lipinski definition) is 1. The average Bonchev–Trinajstić information content (AvgIpc) is 3.58. The predicted molar refractivity (Wildman–Crippen MR) is 109 cm³/mol. The van der Waals surface area contributed by atoms with Gasteiger partial charge >= 0.3 is 12.1 Å². The van der Waals surface area contributed by atoms with Crippen molar-refractivity contribution in [3.8, 4) is 11.5 Å². The van der Waals surface area contributed by atoms with Crippen LogP contribution in [-0.4, -0.2) is 61.1 Å². The highest BCUT2D eigenvalue weighted by atomic mass is 19.4. The van der Waals surface area contributed by atoms with E-state index in [0.717, 1.165) is 24.2 Å². The van der Waals surface area contributed by atoms with E-state index in [1.807, 2.05) is 38.1 Å². The molecule has 176 valence electrons. The fourth-order valence-corrected chi connectivity index (χ4v) is 3.25. The van der Waals surface area contributed by atoms with E-state index < -0.39 is 24.1 Å². The number of alkyl halides is 5. The van der Waals surface area contributed by atoms with E-state index in [2.05, 4.69) is 9.64 Å². The van der Waals surface area contributed by atoms with Crippen LogP contribution in [-0.2, 0) is 5.41 Å². The van der Waals surface area contributed by atoms with E-state index in [9.17, 15) is 27.1 Å². The van der Waals surface area contributed by atoms with Crippen LogP contribution in [0.15, 0.2) is 48.5 Å². The number of nitrogens with zero attached hydrogens (tertiary/aromatic N) is 1. The van der Waals surface area contributed by atoms with Gasteiger partial charge in [0.05, 0.1) is 12.6 Å². The van der Waals surface area contributed by atoms with E-state index in [-0.39, 0.29) is 18.4 Å². The molecule has 1 heterocycles. The minimum Gasteiger partial charge on any atom is -0.492 e. The molecule has 0 saturated carbocycles. The lowest BCUT2D eigenvalue weighted by molar-refractivity contribution is -0.290. The number of ether oxygens (including phenoxy) is 2. The Kier molecular flexibility index (Phi) is 7.00. The van der Waals surface area contributed by atoms with Gasteiger partial charge in [0, 0.05) is 18.5 Å². The molecule has 3 rings (SSSR count). The maximum Gasteiger partial charge on any atom is 0.456 e. The van der Waals surface area contributed by atoms with Crippen LogP contribution < -0.4 is 9.47 Å². The van der Waals surface area contributed by atoms with Gasteiger partial charge in [-0.15, -0.1) is 0 Å². The molecule has 1 unspecified atom stereocenters. The van der Waals surface area contributed by atoms with Crippen molar-refractivity contribution < 1.29 is 36.5 Å². The topological polar surface area (TPSA) is 41.7 Å². The molecule has 0 aliphatic carbocycles. The third kappa shape index (κ3) is 5.69. The molecular formula is C23H26F5NO3. The van der Waals surface area contributed by atoms with Crippen LogP contribution in [0.2, 0.25) is 0 Å². The van der Waals surface area contributed by atoms with E-state index in [1.54, 1.807) is 12.1 Å². The van der Waals surface area contributed by atoms with Gasteiger partial charge < -0.3 is 14.6 Å². The smallest absolute Gasteiger partial charge is 0.456 e. The maximum atomic E-state index is 13.0. The number of aliphatic hydroxyl groups excluding tert-OH is 1. The molecule has 1 aliphatic rings. The zero-order valence-electron chi connectivity index (χ0n) is 17.8. The molecular weight excluding hydrogens is 433 g/mol. The van der Waals surface area contributed by atoms with Crippen molar-refractivity contribution in [2.45, 2.75) is 37.4 Å². The zero-order valence-corrected chi connectivity index (χ0v) is 17.8. The van der Waals surface area contributed by atoms with Crippen LogP contribution in [0.1, 0.15) is 25.0 Å². The molecule has 32 heavy (non-hydrogen) atoms. The number of rotatable bonds is 10. The number of halogens is 5. The van der Waals surface area contributed by atoms with Gasteiger partial charge in [0.1, 0.15) is 18.1 Å². The van der Waals surface area contributed by atoms with Gasteiger partial charge in [0.25, 0.3) is 0 Å². The van der Waals surface area contributed by atoms with Crippen LogP contribution in [0.4, 0.5) is 22.0 Å². The first kappa shape index (κ1) is 24.3. The Labute approximate surface area is 183 Å². The van der Waals surface area contributed by atoms with E-state index in [0.29, 0.717) is 12.4 Å². The SMILES string of the molecule is CC(C)(c1ccc(OCC(CO)N2CC2)cc1)c1ccc(OCC(F)(F)C(F)(F)F)cc1. The Morgan fingerprint density at radius 3 is 1.72 bits per heavy atom. The van der Waals surface area contributed by atoms with Crippen molar-refractivity contribution in [1.82, 2.24) is 4.90 Å². The molecule has 0 radical (unpaired) electrons. The van der Waals surface area contributed by atoms with Gasteiger partial charge in [-0.3, -0.25) is 4.90 Å². The van der Waals surface area contributed by atoms with Crippen LogP contribution in [0, 0.1) is 0 Å². The van der Waals surface area contributed by atoms with Crippen LogP contribution in [0.3, 0.4) is 0 Å². The first-order chi connectivity index (χ1) is 14.9. The molecule has 9 heteroatoms. The normalized spacial score (nSPS) is 16.0. The molecule has 1 saturated heterocycles. The molecule has 1 N–H and O–H groups in total. The molecule has 4 nitrogen and oxygen atoms in total. The van der Waals surface area contributed by atoms with Gasteiger partial charge in [0.15, 0.2) is 6.61 Å². The summed E-state index contributed by atoms with van der Waals surface area (Å²) in [6, 6.07) is 13.5. The summed E-state index contributed by atoms with van der Waals surface area (Å²) >= 11 is 0. The third-order valence-corrected chi connectivity index (χ3v) is 5.64. The number of aliphatic hydroxyl groups is 1. The summed E-state index contributed by atoms with van der Waals surface area (Å²) in [5.41, 5.74) is 1.34. The summed E-state index contributed by atoms with van der Waals surface area (Å²) in [5.74, 6) is -4.30. The first-order valence-electron chi connectivity index (χ1n) is 10.2. The van der Waals surface area contributed by atoms with E-state index in [4.69, 9.17) is 4.74 Å². The minimum absolute atomic E-state index is 0.0112. The van der Waals surface area contributed by atoms with Crippen molar-refractivity contribution in [3.63, 3.8) is 0 Å². The lowest BCUT2D eigenvalue weighted by atomic mass is 9.78. The fourth-order valence-electron chi connectivity index (χ4n) is 3.25. The van der Waals surface area contributed by atoms with Crippen molar-refractivity contribution in [2.24, 2.45) is 0 Å². The van der Waals surface area contributed by atoms with Crippen molar-refractivity contribution in [2.75, 3.05) is 32.9 Å². The van der Waals surface area contributed by atoms with Crippen molar-refractivity contribution in [1.29, 1.82) is 0 Å². The van der Waals surface area contributed by atoms with Crippen molar-refractivity contribution in [3.05, 3.63) is 59.7 Å². The van der Waals surface area contributed by atoms with Gasteiger partial charge in [0.2, 0.25) is 0 Å². The standard InChI is InChI=1S/C23H26F5NO3/c1-21(2,16-3-7-19(8-4-16)31-14-18(13-30)29-11-12-29)17-5-9-20(10-6-17)32-15-22(24,25)23(26,27)28/h3-10,18,30H,11-15H2,1-2H3. The Hall–Kier alpha value is -2.39. The van der Waals surface area contributed by atoms with Gasteiger partial charge in [-0.1, -0.05) is 38.1 Å². The van der Waals surface area contributed by atoms with Gasteiger partial charge in [-0.2, -0.15) is 22.0 Å². The highest BCUT2D eigenvalue weighted by Gasteiger charge is 2.58. The molecule has 1 fully saturated rings. The van der Waals surface area contributed by atoms with Crippen LogP contribution in [0.25, 0.3) is 0 Å².